The summed E-state index contributed by atoms with van der Waals surface area (Å²) in [4.78, 5) is 14.5. The van der Waals surface area contributed by atoms with Crippen molar-refractivity contribution in [3.05, 3.63) is 45.7 Å². The van der Waals surface area contributed by atoms with Crippen molar-refractivity contribution >= 4 is 40.2 Å². The Labute approximate surface area is 193 Å². The number of hydrogen-bond acceptors (Lipinski definition) is 5. The van der Waals surface area contributed by atoms with E-state index >= 15 is 0 Å². The summed E-state index contributed by atoms with van der Waals surface area (Å²) < 4.78 is 1.93. The molecule has 1 aromatic carbocycles. The molecule has 0 bridgehead atoms. The Morgan fingerprint density at radius 3 is 2.68 bits per heavy atom. The van der Waals surface area contributed by atoms with Gasteiger partial charge < -0.3 is 9.80 Å². The van der Waals surface area contributed by atoms with Crippen molar-refractivity contribution in [2.24, 2.45) is 11.8 Å². The van der Waals surface area contributed by atoms with Gasteiger partial charge in [0.05, 0.1) is 17.9 Å². The summed E-state index contributed by atoms with van der Waals surface area (Å²) >= 11 is 12.6. The van der Waals surface area contributed by atoms with Crippen LogP contribution in [0.3, 0.4) is 0 Å². The first-order valence-corrected chi connectivity index (χ1v) is 11.8. The van der Waals surface area contributed by atoms with Crippen LogP contribution in [0.2, 0.25) is 10.0 Å². The zero-order valence-corrected chi connectivity index (χ0v) is 19.7. The van der Waals surface area contributed by atoms with E-state index in [0.717, 1.165) is 53.2 Å². The second kappa shape index (κ2) is 8.23. The van der Waals surface area contributed by atoms with E-state index in [4.69, 9.17) is 38.3 Å². The van der Waals surface area contributed by atoms with Crippen LogP contribution in [0.4, 0.5) is 5.82 Å². The fourth-order valence-corrected chi connectivity index (χ4v) is 5.59. The Hall–Kier alpha value is -1.89. The molecule has 164 valence electrons. The van der Waals surface area contributed by atoms with E-state index in [1.54, 1.807) is 6.07 Å². The number of aromatic nitrogens is 4. The van der Waals surface area contributed by atoms with Gasteiger partial charge in [-0.05, 0) is 69.8 Å². The van der Waals surface area contributed by atoms with E-state index in [2.05, 4.69) is 23.8 Å². The molecule has 2 aliphatic rings. The Morgan fingerprint density at radius 1 is 1.13 bits per heavy atom. The zero-order valence-electron chi connectivity index (χ0n) is 18.2. The van der Waals surface area contributed by atoms with E-state index in [1.807, 2.05) is 29.9 Å². The average Bonchev–Trinajstić information content (AvgIpc) is 3.03. The van der Waals surface area contributed by atoms with Gasteiger partial charge in [-0.3, -0.25) is 0 Å². The fraction of sp³-hybridized carbons (Fsp3) is 0.522. The largest absolute Gasteiger partial charge is 0.355 e. The highest BCUT2D eigenvalue weighted by Crippen LogP contribution is 2.34. The highest BCUT2D eigenvalue weighted by Gasteiger charge is 2.36. The molecule has 31 heavy (non-hydrogen) atoms. The molecule has 5 rings (SSSR count). The molecule has 0 amide bonds. The van der Waals surface area contributed by atoms with Crippen molar-refractivity contribution in [1.29, 1.82) is 0 Å². The predicted octanol–water partition coefficient (Wildman–Crippen LogP) is 4.83. The maximum absolute atomic E-state index is 6.47. The van der Waals surface area contributed by atoms with Gasteiger partial charge in [-0.2, -0.15) is 5.10 Å². The molecule has 2 fully saturated rings. The lowest BCUT2D eigenvalue weighted by molar-refractivity contribution is 0.140. The summed E-state index contributed by atoms with van der Waals surface area (Å²) in [6, 6.07) is 5.51. The highest BCUT2D eigenvalue weighted by molar-refractivity contribution is 6.35. The molecule has 2 saturated heterocycles. The molecule has 0 spiro atoms. The van der Waals surface area contributed by atoms with Crippen LogP contribution in [-0.4, -0.2) is 57.9 Å². The van der Waals surface area contributed by atoms with Gasteiger partial charge in [-0.25, -0.2) is 14.6 Å². The number of hydrogen-bond donors (Lipinski definition) is 0. The first-order chi connectivity index (χ1) is 14.9. The van der Waals surface area contributed by atoms with Crippen LogP contribution in [0.25, 0.3) is 11.2 Å². The smallest absolute Gasteiger partial charge is 0.179 e. The van der Waals surface area contributed by atoms with Gasteiger partial charge in [0.25, 0.3) is 0 Å². The summed E-state index contributed by atoms with van der Waals surface area (Å²) in [5, 5.41) is 6.01. The molecule has 4 heterocycles. The van der Waals surface area contributed by atoms with Crippen molar-refractivity contribution < 1.29 is 0 Å². The van der Waals surface area contributed by atoms with Crippen molar-refractivity contribution in [3.63, 3.8) is 0 Å². The Kier molecular flexibility index (Phi) is 5.57. The highest BCUT2D eigenvalue weighted by atomic mass is 35.5. The van der Waals surface area contributed by atoms with Crippen molar-refractivity contribution in [2.75, 3.05) is 38.1 Å². The van der Waals surface area contributed by atoms with Crippen LogP contribution < -0.4 is 4.90 Å². The quantitative estimate of drug-likeness (QED) is 0.560. The van der Waals surface area contributed by atoms with Crippen LogP contribution in [0, 0.1) is 18.8 Å². The molecule has 3 aromatic rings. The van der Waals surface area contributed by atoms with Gasteiger partial charge >= 0.3 is 0 Å². The van der Waals surface area contributed by atoms with E-state index in [1.165, 1.54) is 25.9 Å². The fourth-order valence-electron chi connectivity index (χ4n) is 5.03. The maximum Gasteiger partial charge on any atom is 0.179 e. The first-order valence-electron chi connectivity index (χ1n) is 11.0. The monoisotopic (exact) mass is 458 g/mol. The van der Waals surface area contributed by atoms with E-state index in [0.29, 0.717) is 10.0 Å². The van der Waals surface area contributed by atoms with Crippen molar-refractivity contribution in [1.82, 2.24) is 24.6 Å². The normalized spacial score (nSPS) is 21.5. The number of likely N-dealkylation sites (tertiary alicyclic amines) is 1. The third kappa shape index (κ3) is 3.90. The predicted molar refractivity (Wildman–Crippen MR) is 126 cm³/mol. The lowest BCUT2D eigenvalue weighted by Crippen LogP contribution is -2.53. The Bertz CT molecular complexity index is 1110. The van der Waals surface area contributed by atoms with Crippen molar-refractivity contribution in [3.8, 4) is 0 Å². The minimum absolute atomic E-state index is 0.0765. The van der Waals surface area contributed by atoms with E-state index < -0.39 is 0 Å². The Balaban J connectivity index is 1.40. The standard InChI is InChI=1S/C23H28Cl2N6/c1-14-22-23(31(28-14)15(2)19-7-6-18(24)9-20(19)25)27-21(10-26-22)30-12-17(13-30)16-5-4-8-29(3)11-16/h6-7,9-10,15-17H,4-5,8,11-13H2,1-3H3/t15-,16-/m1/s1. The summed E-state index contributed by atoms with van der Waals surface area (Å²) in [6.07, 6.45) is 4.55. The molecule has 0 saturated carbocycles. The lowest BCUT2D eigenvalue weighted by Gasteiger charge is -2.46. The second-order valence-corrected chi connectivity index (χ2v) is 9.95. The summed E-state index contributed by atoms with van der Waals surface area (Å²) in [7, 11) is 2.24. The number of benzene rings is 1. The molecule has 2 aliphatic heterocycles. The van der Waals surface area contributed by atoms with Gasteiger partial charge in [0.1, 0.15) is 11.3 Å². The number of nitrogens with zero attached hydrogens (tertiary/aromatic N) is 6. The van der Waals surface area contributed by atoms with Crippen molar-refractivity contribution in [2.45, 2.75) is 32.7 Å². The minimum atomic E-state index is -0.0765. The van der Waals surface area contributed by atoms with Gasteiger partial charge in [-0.15, -0.1) is 0 Å². The molecule has 0 N–H and O–H groups in total. The van der Waals surface area contributed by atoms with E-state index in [-0.39, 0.29) is 6.04 Å². The molecular formula is C23H28Cl2N6. The number of halogens is 2. The molecular weight excluding hydrogens is 431 g/mol. The molecule has 0 aliphatic carbocycles. The minimum Gasteiger partial charge on any atom is -0.355 e. The topological polar surface area (TPSA) is 50.1 Å². The first kappa shape index (κ1) is 21.0. The number of rotatable bonds is 4. The summed E-state index contributed by atoms with van der Waals surface area (Å²) in [6.45, 7) is 8.62. The summed E-state index contributed by atoms with van der Waals surface area (Å²) in [5.74, 6) is 2.48. The molecule has 2 atom stereocenters. The van der Waals surface area contributed by atoms with Crippen LogP contribution in [-0.2, 0) is 0 Å². The van der Waals surface area contributed by atoms with E-state index in [9.17, 15) is 0 Å². The average molecular weight is 459 g/mol. The van der Waals surface area contributed by atoms with Gasteiger partial charge in [0.2, 0.25) is 0 Å². The van der Waals surface area contributed by atoms with Crippen LogP contribution >= 0.6 is 23.2 Å². The second-order valence-electron chi connectivity index (χ2n) is 9.10. The van der Waals surface area contributed by atoms with Crippen LogP contribution in [0.1, 0.15) is 37.1 Å². The number of fused-ring (bicyclic) bond motifs is 1. The number of piperidine rings is 1. The summed E-state index contributed by atoms with van der Waals surface area (Å²) in [5.41, 5.74) is 3.48. The third-order valence-electron chi connectivity index (χ3n) is 6.90. The molecule has 8 heteroatoms. The molecule has 6 nitrogen and oxygen atoms in total. The molecule has 2 aromatic heterocycles. The van der Waals surface area contributed by atoms with Crippen LogP contribution in [0.5, 0.6) is 0 Å². The van der Waals surface area contributed by atoms with Gasteiger partial charge in [-0.1, -0.05) is 29.3 Å². The number of anilines is 1. The Morgan fingerprint density at radius 2 is 1.94 bits per heavy atom. The maximum atomic E-state index is 6.47. The SMILES string of the molecule is Cc1nn([C@H](C)c2ccc(Cl)cc2Cl)c2nc(N3CC([C@@H]4CCCN(C)C4)C3)cnc12. The van der Waals surface area contributed by atoms with Gasteiger partial charge in [0, 0.05) is 29.7 Å². The lowest BCUT2D eigenvalue weighted by atomic mass is 9.81. The zero-order chi connectivity index (χ0) is 21.7. The third-order valence-corrected chi connectivity index (χ3v) is 7.46. The van der Waals surface area contributed by atoms with Gasteiger partial charge in [0.15, 0.2) is 5.65 Å². The van der Waals surface area contributed by atoms with Crippen LogP contribution in [0.15, 0.2) is 24.4 Å². The number of aryl methyl sites for hydroxylation is 1. The molecule has 0 radical (unpaired) electrons. The molecule has 0 unspecified atom stereocenters.